The second-order valence-corrected chi connectivity index (χ2v) is 4.28. The molecule has 14 heavy (non-hydrogen) atoms. The largest absolute Gasteiger partial charge is 0.313 e. The number of nitrogens with zero attached hydrogens (tertiary/aromatic N) is 1. The van der Waals surface area contributed by atoms with E-state index in [1.807, 2.05) is 0 Å². The summed E-state index contributed by atoms with van der Waals surface area (Å²) in [6.07, 6.45) is 5.59. The fourth-order valence-electron chi connectivity index (χ4n) is 2.46. The van der Waals surface area contributed by atoms with Crippen LogP contribution in [0.15, 0.2) is 0 Å². The lowest BCUT2D eigenvalue weighted by atomic mass is 10.2. The van der Waals surface area contributed by atoms with Crippen molar-refractivity contribution >= 4 is 24.8 Å². The average Bonchev–Trinajstić information content (AvgIpc) is 2.65. The topological polar surface area (TPSA) is 15.3 Å². The van der Waals surface area contributed by atoms with Gasteiger partial charge in [0.2, 0.25) is 0 Å². The molecule has 2 fully saturated rings. The minimum Gasteiger partial charge on any atom is -0.313 e. The van der Waals surface area contributed by atoms with Crippen LogP contribution in [0.2, 0.25) is 0 Å². The maximum atomic E-state index is 3.56. The quantitative estimate of drug-likeness (QED) is 0.796. The number of nitrogens with one attached hydrogen (secondary N) is 1. The number of hydrogen-bond acceptors (Lipinski definition) is 2. The molecule has 0 aromatic carbocycles. The van der Waals surface area contributed by atoms with Crippen molar-refractivity contribution in [3.05, 3.63) is 0 Å². The number of halogens is 2. The maximum absolute atomic E-state index is 3.56. The van der Waals surface area contributed by atoms with Gasteiger partial charge in [-0.2, -0.15) is 0 Å². The summed E-state index contributed by atoms with van der Waals surface area (Å²) < 4.78 is 0. The summed E-state index contributed by atoms with van der Waals surface area (Å²) in [4.78, 5) is 2.64. The first kappa shape index (κ1) is 14.5. The van der Waals surface area contributed by atoms with Crippen LogP contribution in [0.3, 0.4) is 0 Å². The summed E-state index contributed by atoms with van der Waals surface area (Å²) in [7, 11) is 0. The Bertz CT molecular complexity index is 149. The predicted octanol–water partition coefficient (Wildman–Crippen LogP) is 2.07. The zero-order valence-corrected chi connectivity index (χ0v) is 10.5. The van der Waals surface area contributed by atoms with Crippen LogP contribution in [0.5, 0.6) is 0 Å². The van der Waals surface area contributed by atoms with Crippen LogP contribution in [-0.2, 0) is 0 Å². The standard InChI is InChI=1S/C10H20N2.2ClH/c1-9-4-3-7-12(9)8-10-5-2-6-11-10;;/h9-11H,2-8H2,1H3;2*1H. The maximum Gasteiger partial charge on any atom is 0.0195 e. The summed E-state index contributed by atoms with van der Waals surface area (Å²) in [6, 6.07) is 1.64. The van der Waals surface area contributed by atoms with Crippen LogP contribution >= 0.6 is 24.8 Å². The fourth-order valence-corrected chi connectivity index (χ4v) is 2.46. The molecule has 2 atom stereocenters. The molecule has 0 amide bonds. The molecule has 0 aromatic heterocycles. The van der Waals surface area contributed by atoms with Gasteiger partial charge in [0.15, 0.2) is 0 Å². The molecule has 2 saturated heterocycles. The first-order valence-corrected chi connectivity index (χ1v) is 5.33. The van der Waals surface area contributed by atoms with Gasteiger partial charge in [-0.1, -0.05) is 0 Å². The Kier molecular flexibility index (Phi) is 7.13. The van der Waals surface area contributed by atoms with Crippen molar-refractivity contribution in [3.63, 3.8) is 0 Å². The molecule has 2 rings (SSSR count). The van der Waals surface area contributed by atoms with Gasteiger partial charge in [-0.3, -0.25) is 4.90 Å². The highest BCUT2D eigenvalue weighted by molar-refractivity contribution is 5.85. The van der Waals surface area contributed by atoms with Crippen LogP contribution in [-0.4, -0.2) is 36.6 Å². The van der Waals surface area contributed by atoms with Crippen LogP contribution in [0.25, 0.3) is 0 Å². The van der Waals surface area contributed by atoms with Crippen molar-refractivity contribution in [2.24, 2.45) is 0 Å². The van der Waals surface area contributed by atoms with Crippen LogP contribution in [0.1, 0.15) is 32.6 Å². The fraction of sp³-hybridized carbons (Fsp3) is 1.00. The zero-order chi connectivity index (χ0) is 8.39. The predicted molar refractivity (Wildman–Crippen MR) is 65.8 cm³/mol. The first-order chi connectivity index (χ1) is 5.86. The van der Waals surface area contributed by atoms with E-state index in [2.05, 4.69) is 17.1 Å². The van der Waals surface area contributed by atoms with E-state index in [0.29, 0.717) is 0 Å². The van der Waals surface area contributed by atoms with Gasteiger partial charge < -0.3 is 5.32 Å². The smallest absolute Gasteiger partial charge is 0.0195 e. The van der Waals surface area contributed by atoms with Gasteiger partial charge >= 0.3 is 0 Å². The summed E-state index contributed by atoms with van der Waals surface area (Å²) >= 11 is 0. The molecule has 0 radical (unpaired) electrons. The van der Waals surface area contributed by atoms with E-state index in [-0.39, 0.29) is 24.8 Å². The molecule has 0 aliphatic carbocycles. The third kappa shape index (κ3) is 3.58. The molecule has 2 aliphatic heterocycles. The van der Waals surface area contributed by atoms with Crippen molar-refractivity contribution in [1.82, 2.24) is 10.2 Å². The normalized spacial score (nSPS) is 32.4. The Labute approximate surface area is 99.6 Å². The van der Waals surface area contributed by atoms with E-state index in [0.717, 1.165) is 12.1 Å². The highest BCUT2D eigenvalue weighted by atomic mass is 35.5. The summed E-state index contributed by atoms with van der Waals surface area (Å²) in [5.41, 5.74) is 0. The molecule has 2 heterocycles. The van der Waals surface area contributed by atoms with Gasteiger partial charge in [0.25, 0.3) is 0 Å². The second-order valence-electron chi connectivity index (χ2n) is 4.28. The lowest BCUT2D eigenvalue weighted by molar-refractivity contribution is 0.244. The second kappa shape index (κ2) is 6.89. The summed E-state index contributed by atoms with van der Waals surface area (Å²) in [5, 5.41) is 3.56. The van der Waals surface area contributed by atoms with Gasteiger partial charge in [0, 0.05) is 18.6 Å². The Hall–Kier alpha value is 0.500. The molecule has 2 aliphatic rings. The third-order valence-electron chi connectivity index (χ3n) is 3.31. The van der Waals surface area contributed by atoms with E-state index in [1.54, 1.807) is 0 Å². The average molecular weight is 241 g/mol. The lowest BCUT2D eigenvalue weighted by Crippen LogP contribution is -2.39. The minimum atomic E-state index is 0. The van der Waals surface area contributed by atoms with Crippen LogP contribution < -0.4 is 5.32 Å². The monoisotopic (exact) mass is 240 g/mol. The Morgan fingerprint density at radius 1 is 1.21 bits per heavy atom. The number of hydrogen-bond donors (Lipinski definition) is 1. The Morgan fingerprint density at radius 3 is 2.50 bits per heavy atom. The SMILES string of the molecule is CC1CCCN1CC1CCCN1.Cl.Cl. The number of rotatable bonds is 2. The van der Waals surface area contributed by atoms with E-state index in [9.17, 15) is 0 Å². The molecule has 1 N–H and O–H groups in total. The van der Waals surface area contributed by atoms with Gasteiger partial charge in [0.05, 0.1) is 0 Å². The molecule has 0 spiro atoms. The van der Waals surface area contributed by atoms with E-state index in [4.69, 9.17) is 0 Å². The molecular weight excluding hydrogens is 219 g/mol. The lowest BCUT2D eigenvalue weighted by Gasteiger charge is -2.24. The highest BCUT2D eigenvalue weighted by Crippen LogP contribution is 2.18. The minimum absolute atomic E-state index is 0. The Balaban J connectivity index is 0.000000845. The van der Waals surface area contributed by atoms with E-state index >= 15 is 0 Å². The molecule has 4 heteroatoms. The third-order valence-corrected chi connectivity index (χ3v) is 3.31. The molecule has 0 saturated carbocycles. The zero-order valence-electron chi connectivity index (χ0n) is 8.87. The highest BCUT2D eigenvalue weighted by Gasteiger charge is 2.24. The van der Waals surface area contributed by atoms with Crippen molar-refractivity contribution in [2.75, 3.05) is 19.6 Å². The summed E-state index contributed by atoms with van der Waals surface area (Å²) in [5.74, 6) is 0. The van der Waals surface area contributed by atoms with Gasteiger partial charge in [-0.05, 0) is 45.7 Å². The van der Waals surface area contributed by atoms with Gasteiger partial charge in [-0.25, -0.2) is 0 Å². The molecule has 2 nitrogen and oxygen atoms in total. The van der Waals surface area contributed by atoms with Crippen molar-refractivity contribution < 1.29 is 0 Å². The molecule has 86 valence electrons. The Morgan fingerprint density at radius 2 is 2.00 bits per heavy atom. The van der Waals surface area contributed by atoms with Crippen LogP contribution in [0.4, 0.5) is 0 Å². The first-order valence-electron chi connectivity index (χ1n) is 5.33. The number of likely N-dealkylation sites (tertiary alicyclic amines) is 1. The van der Waals surface area contributed by atoms with Crippen molar-refractivity contribution in [3.8, 4) is 0 Å². The van der Waals surface area contributed by atoms with Crippen molar-refractivity contribution in [1.29, 1.82) is 0 Å². The molecule has 2 unspecified atom stereocenters. The molecule has 0 aromatic rings. The summed E-state index contributed by atoms with van der Waals surface area (Å²) in [6.45, 7) is 6.23. The van der Waals surface area contributed by atoms with E-state index < -0.39 is 0 Å². The van der Waals surface area contributed by atoms with Gasteiger partial charge in [-0.15, -0.1) is 24.8 Å². The molecular formula is C10H22Cl2N2. The van der Waals surface area contributed by atoms with Gasteiger partial charge in [0.1, 0.15) is 0 Å². The molecule has 0 bridgehead atoms. The van der Waals surface area contributed by atoms with Crippen molar-refractivity contribution in [2.45, 2.75) is 44.7 Å². The van der Waals surface area contributed by atoms with Crippen LogP contribution in [0, 0.1) is 0 Å². The van der Waals surface area contributed by atoms with E-state index in [1.165, 1.54) is 45.3 Å².